The topological polar surface area (TPSA) is 71.7 Å². The first-order valence-electron chi connectivity index (χ1n) is 12.2. The molecule has 2 aliphatic rings. The number of ether oxygens (including phenoxy) is 2. The van der Waals surface area contributed by atoms with Crippen molar-refractivity contribution >= 4 is 11.5 Å². The van der Waals surface area contributed by atoms with Crippen LogP contribution in [0.4, 0.5) is 0 Å². The second kappa shape index (κ2) is 10.2. The third kappa shape index (κ3) is 4.55. The summed E-state index contributed by atoms with van der Waals surface area (Å²) in [6.45, 7) is 2.30. The predicted molar refractivity (Wildman–Crippen MR) is 139 cm³/mol. The highest BCUT2D eigenvalue weighted by Crippen LogP contribution is 2.47. The van der Waals surface area contributed by atoms with E-state index < -0.39 is 5.92 Å². The Morgan fingerprint density at radius 3 is 2.36 bits per heavy atom. The van der Waals surface area contributed by atoms with Crippen molar-refractivity contribution in [1.82, 2.24) is 0 Å². The van der Waals surface area contributed by atoms with Gasteiger partial charge in [0.25, 0.3) is 0 Å². The molecule has 0 aromatic heterocycles. The van der Waals surface area contributed by atoms with E-state index in [1.165, 1.54) is 0 Å². The van der Waals surface area contributed by atoms with E-state index >= 15 is 0 Å². The van der Waals surface area contributed by atoms with Gasteiger partial charge in [-0.2, -0.15) is 5.26 Å². The number of allylic oxidation sites excluding steroid dienone is 2. The maximum Gasteiger partial charge on any atom is 0.161 e. The standard InChI is InChI=1S/C31H28N2O3/c1-20-25(18-32)30(31-26(33-20)15-24(16-27(31)34)22-11-7-4-8-12-22)23-13-14-28(29(17-23)35-2)36-19-21-9-5-3-6-10-21/h3-14,17,24-25,30H,15-16,19H2,1-2H3/t24-,25?,30+/m0/s1. The van der Waals surface area contributed by atoms with Crippen LogP contribution in [0.15, 0.2) is 95.1 Å². The fourth-order valence-electron chi connectivity index (χ4n) is 5.28. The normalized spacial score (nSPS) is 21.3. The van der Waals surface area contributed by atoms with Gasteiger partial charge < -0.3 is 9.47 Å². The van der Waals surface area contributed by atoms with Gasteiger partial charge in [-0.1, -0.05) is 66.7 Å². The Kier molecular flexibility index (Phi) is 6.69. The fraction of sp³-hybridized carbons (Fsp3) is 0.258. The van der Waals surface area contributed by atoms with Crippen molar-refractivity contribution in [2.45, 2.75) is 38.2 Å². The summed E-state index contributed by atoms with van der Waals surface area (Å²) in [5, 5.41) is 10.1. The number of methoxy groups -OCH3 is 1. The van der Waals surface area contributed by atoms with Crippen LogP contribution in [0.3, 0.4) is 0 Å². The molecule has 1 heterocycles. The highest BCUT2D eigenvalue weighted by molar-refractivity contribution is 6.03. The number of benzene rings is 3. The van der Waals surface area contributed by atoms with Gasteiger partial charge in [0.15, 0.2) is 17.3 Å². The van der Waals surface area contributed by atoms with Crippen molar-refractivity contribution in [2.75, 3.05) is 7.11 Å². The van der Waals surface area contributed by atoms with E-state index in [1.54, 1.807) is 7.11 Å². The summed E-state index contributed by atoms with van der Waals surface area (Å²) >= 11 is 0. The molecule has 1 aliphatic heterocycles. The lowest BCUT2D eigenvalue weighted by Gasteiger charge is -2.35. The number of rotatable bonds is 6. The smallest absolute Gasteiger partial charge is 0.161 e. The van der Waals surface area contributed by atoms with E-state index in [2.05, 4.69) is 18.2 Å². The molecule has 0 fully saturated rings. The lowest BCUT2D eigenvalue weighted by molar-refractivity contribution is -0.116. The van der Waals surface area contributed by atoms with E-state index in [1.807, 2.05) is 73.7 Å². The minimum atomic E-state index is -0.512. The molecule has 1 unspecified atom stereocenters. The summed E-state index contributed by atoms with van der Waals surface area (Å²) in [6.07, 6.45) is 1.11. The van der Waals surface area contributed by atoms with Gasteiger partial charge in [0.05, 0.1) is 19.1 Å². The van der Waals surface area contributed by atoms with Gasteiger partial charge in [0, 0.05) is 29.3 Å². The van der Waals surface area contributed by atoms with Crippen molar-refractivity contribution in [2.24, 2.45) is 10.9 Å². The second-order valence-corrected chi connectivity index (χ2v) is 9.32. The number of hydrogen-bond donors (Lipinski definition) is 0. The van der Waals surface area contributed by atoms with Crippen LogP contribution in [0.5, 0.6) is 11.5 Å². The average Bonchev–Trinajstić information content (AvgIpc) is 2.92. The lowest BCUT2D eigenvalue weighted by atomic mass is 9.69. The molecular weight excluding hydrogens is 448 g/mol. The van der Waals surface area contributed by atoms with Crippen LogP contribution in [0.25, 0.3) is 0 Å². The molecule has 3 aromatic carbocycles. The molecule has 3 aromatic rings. The van der Waals surface area contributed by atoms with Crippen LogP contribution >= 0.6 is 0 Å². The Bertz CT molecular complexity index is 1370. The number of Topliss-reactive ketones (excluding diaryl/α,β-unsaturated/α-hetero) is 1. The number of carbonyl (C=O) groups excluding carboxylic acids is 1. The van der Waals surface area contributed by atoms with E-state index in [0.29, 0.717) is 36.5 Å². The first-order chi connectivity index (χ1) is 17.6. The average molecular weight is 477 g/mol. The van der Waals surface area contributed by atoms with Gasteiger partial charge in [-0.15, -0.1) is 0 Å². The Labute approximate surface area is 211 Å². The van der Waals surface area contributed by atoms with Crippen LogP contribution < -0.4 is 9.47 Å². The minimum Gasteiger partial charge on any atom is -0.493 e. The van der Waals surface area contributed by atoms with Gasteiger partial charge in [0.1, 0.15) is 6.61 Å². The third-order valence-electron chi connectivity index (χ3n) is 7.08. The predicted octanol–water partition coefficient (Wildman–Crippen LogP) is 6.37. The molecule has 0 radical (unpaired) electrons. The highest BCUT2D eigenvalue weighted by Gasteiger charge is 2.41. The molecule has 0 saturated carbocycles. The highest BCUT2D eigenvalue weighted by atomic mass is 16.5. The van der Waals surface area contributed by atoms with Gasteiger partial charge in [-0.05, 0) is 48.1 Å². The molecule has 5 nitrogen and oxygen atoms in total. The molecule has 0 N–H and O–H groups in total. The zero-order valence-corrected chi connectivity index (χ0v) is 20.5. The Hall–Kier alpha value is -4.17. The van der Waals surface area contributed by atoms with Crippen molar-refractivity contribution in [1.29, 1.82) is 5.26 Å². The largest absolute Gasteiger partial charge is 0.493 e. The van der Waals surface area contributed by atoms with Crippen LogP contribution in [-0.2, 0) is 11.4 Å². The number of ketones is 1. The molecule has 0 bridgehead atoms. The SMILES string of the molecule is COc1cc([C@H]2C3=C(C[C@H](c4ccccc4)CC3=O)N=C(C)C2C#N)ccc1OCc1ccccc1. The van der Waals surface area contributed by atoms with Crippen LogP contribution in [0.2, 0.25) is 0 Å². The molecule has 0 spiro atoms. The van der Waals surface area contributed by atoms with Crippen molar-refractivity contribution in [3.63, 3.8) is 0 Å². The summed E-state index contributed by atoms with van der Waals surface area (Å²) in [5.41, 5.74) is 5.27. The molecular formula is C31H28N2O3. The zero-order valence-electron chi connectivity index (χ0n) is 20.5. The number of nitriles is 1. The van der Waals surface area contributed by atoms with E-state index in [9.17, 15) is 10.1 Å². The number of carbonyl (C=O) groups is 1. The van der Waals surface area contributed by atoms with Crippen LogP contribution in [0.1, 0.15) is 48.3 Å². The Morgan fingerprint density at radius 1 is 0.944 bits per heavy atom. The van der Waals surface area contributed by atoms with Gasteiger partial charge in [-0.25, -0.2) is 0 Å². The molecule has 0 saturated heterocycles. The minimum absolute atomic E-state index is 0.0648. The molecule has 36 heavy (non-hydrogen) atoms. The number of nitrogens with zero attached hydrogens (tertiary/aromatic N) is 2. The molecule has 0 amide bonds. The van der Waals surface area contributed by atoms with Gasteiger partial charge in [0.2, 0.25) is 0 Å². The Balaban J connectivity index is 1.49. The van der Waals surface area contributed by atoms with E-state index in [-0.39, 0.29) is 17.6 Å². The third-order valence-corrected chi connectivity index (χ3v) is 7.08. The van der Waals surface area contributed by atoms with Crippen molar-refractivity contribution in [3.05, 3.63) is 107 Å². The van der Waals surface area contributed by atoms with Gasteiger partial charge >= 0.3 is 0 Å². The molecule has 3 atom stereocenters. The van der Waals surface area contributed by atoms with E-state index in [4.69, 9.17) is 14.5 Å². The maximum atomic E-state index is 13.6. The first-order valence-corrected chi connectivity index (χ1v) is 12.2. The second-order valence-electron chi connectivity index (χ2n) is 9.32. The zero-order chi connectivity index (χ0) is 25.1. The maximum absolute atomic E-state index is 13.6. The van der Waals surface area contributed by atoms with Crippen molar-refractivity contribution < 1.29 is 14.3 Å². The molecule has 5 rings (SSSR count). The molecule has 5 heteroatoms. The lowest BCUT2D eigenvalue weighted by Crippen LogP contribution is -2.32. The first kappa shape index (κ1) is 23.6. The van der Waals surface area contributed by atoms with E-state index in [0.717, 1.165) is 28.1 Å². The summed E-state index contributed by atoms with van der Waals surface area (Å²) in [4.78, 5) is 18.3. The quantitative estimate of drug-likeness (QED) is 0.414. The van der Waals surface area contributed by atoms with Crippen LogP contribution in [-0.4, -0.2) is 18.6 Å². The van der Waals surface area contributed by atoms with Gasteiger partial charge in [-0.3, -0.25) is 9.79 Å². The summed E-state index contributed by atoms with van der Waals surface area (Å²) < 4.78 is 11.7. The number of aliphatic imine (C=N–C) groups is 1. The monoisotopic (exact) mass is 476 g/mol. The summed E-state index contributed by atoms with van der Waals surface area (Å²) in [7, 11) is 1.60. The molecule has 1 aliphatic carbocycles. The Morgan fingerprint density at radius 2 is 1.67 bits per heavy atom. The van der Waals surface area contributed by atoms with Crippen molar-refractivity contribution in [3.8, 4) is 17.6 Å². The summed E-state index contributed by atoms with van der Waals surface area (Å²) in [5.74, 6) is 0.457. The molecule has 180 valence electrons. The summed E-state index contributed by atoms with van der Waals surface area (Å²) in [6, 6.07) is 28.2. The van der Waals surface area contributed by atoms with Crippen LogP contribution in [0, 0.1) is 17.2 Å². The number of hydrogen-bond acceptors (Lipinski definition) is 5. The fourth-order valence-corrected chi connectivity index (χ4v) is 5.28.